The van der Waals surface area contributed by atoms with Gasteiger partial charge in [-0.3, -0.25) is 4.90 Å². The summed E-state index contributed by atoms with van der Waals surface area (Å²) in [4.78, 5) is 8.86. The fourth-order valence-electron chi connectivity index (χ4n) is 3.47. The Balaban J connectivity index is 1.54. The van der Waals surface area contributed by atoms with E-state index in [4.69, 9.17) is 23.8 Å². The second kappa shape index (κ2) is 8.90. The summed E-state index contributed by atoms with van der Waals surface area (Å²) in [7, 11) is 0. The molecule has 0 spiro atoms. The van der Waals surface area contributed by atoms with Crippen LogP contribution in [0.5, 0.6) is 0 Å². The molecule has 156 valence electrons. The molecule has 1 saturated heterocycles. The molecule has 1 N–H and O–H groups in total. The number of nitrogens with one attached hydrogen (secondary N) is 1. The van der Waals surface area contributed by atoms with Crippen molar-refractivity contribution in [1.82, 2.24) is 14.8 Å². The monoisotopic (exact) mass is 438 g/mol. The average molecular weight is 439 g/mol. The summed E-state index contributed by atoms with van der Waals surface area (Å²) in [5.74, 6) is -2.17. The van der Waals surface area contributed by atoms with Crippen LogP contribution in [0, 0.1) is 13.8 Å². The summed E-state index contributed by atoms with van der Waals surface area (Å²) in [6, 6.07) is 8.78. The van der Waals surface area contributed by atoms with Crippen LogP contribution >= 0.6 is 23.8 Å². The van der Waals surface area contributed by atoms with Crippen molar-refractivity contribution < 1.29 is 8.78 Å². The lowest BCUT2D eigenvalue weighted by molar-refractivity contribution is 0.0175. The molecule has 0 saturated carbocycles. The first-order valence-electron chi connectivity index (χ1n) is 9.52. The zero-order valence-corrected chi connectivity index (χ0v) is 18.4. The van der Waals surface area contributed by atoms with Crippen molar-refractivity contribution in [1.29, 1.82) is 0 Å². The van der Waals surface area contributed by atoms with Gasteiger partial charge in [0, 0.05) is 50.9 Å². The van der Waals surface area contributed by atoms with E-state index >= 15 is 0 Å². The molecule has 0 unspecified atom stereocenters. The molecule has 1 aliphatic heterocycles. The number of hydrogen-bond donors (Lipinski definition) is 1. The first-order chi connectivity index (χ1) is 13.6. The Morgan fingerprint density at radius 3 is 2.45 bits per heavy atom. The van der Waals surface area contributed by atoms with Crippen LogP contribution in [0.25, 0.3) is 0 Å². The lowest BCUT2D eigenvalue weighted by Crippen LogP contribution is -2.49. The van der Waals surface area contributed by atoms with Gasteiger partial charge in [-0.05, 0) is 55.4 Å². The third-order valence-electron chi connectivity index (χ3n) is 4.90. The highest BCUT2D eigenvalue weighted by Crippen LogP contribution is 2.33. The van der Waals surface area contributed by atoms with E-state index in [1.807, 2.05) is 26.0 Å². The van der Waals surface area contributed by atoms with Crippen LogP contribution in [0.15, 0.2) is 30.3 Å². The zero-order valence-electron chi connectivity index (χ0n) is 16.8. The maximum Gasteiger partial charge on any atom is 0.271 e. The normalized spacial score (nSPS) is 15.4. The van der Waals surface area contributed by atoms with Crippen molar-refractivity contribution in [3.63, 3.8) is 0 Å². The number of hydrogen-bond acceptors (Lipinski definition) is 3. The van der Waals surface area contributed by atoms with Crippen LogP contribution in [-0.4, -0.2) is 46.1 Å². The number of aromatic nitrogens is 1. The van der Waals surface area contributed by atoms with Gasteiger partial charge in [0.05, 0.1) is 5.02 Å². The van der Waals surface area contributed by atoms with E-state index in [2.05, 4.69) is 20.1 Å². The summed E-state index contributed by atoms with van der Waals surface area (Å²) in [5.41, 5.74) is 2.88. The number of piperazine rings is 1. The molecule has 29 heavy (non-hydrogen) atoms. The molecular formula is C21H25ClF2N4S. The van der Waals surface area contributed by atoms with Crippen LogP contribution < -0.4 is 5.32 Å². The van der Waals surface area contributed by atoms with Crippen LogP contribution in [0.2, 0.25) is 5.02 Å². The number of benzene rings is 1. The van der Waals surface area contributed by atoms with E-state index < -0.39 is 5.92 Å². The number of anilines is 1. The predicted molar refractivity (Wildman–Crippen MR) is 118 cm³/mol. The molecule has 1 fully saturated rings. The largest absolute Gasteiger partial charge is 0.346 e. The Morgan fingerprint density at radius 2 is 1.86 bits per heavy atom. The fraction of sp³-hybridized carbons (Fsp3) is 0.429. The summed E-state index contributed by atoms with van der Waals surface area (Å²) in [6.07, 6.45) is 0. The number of alkyl halides is 2. The van der Waals surface area contributed by atoms with Gasteiger partial charge >= 0.3 is 0 Å². The number of pyridine rings is 1. The topological polar surface area (TPSA) is 31.4 Å². The molecule has 1 aromatic heterocycles. The smallest absolute Gasteiger partial charge is 0.271 e. The number of rotatable bonds is 4. The summed E-state index contributed by atoms with van der Waals surface area (Å²) in [6.45, 7) is 8.74. The molecule has 0 bridgehead atoms. The second-order valence-electron chi connectivity index (χ2n) is 7.57. The Morgan fingerprint density at radius 1 is 1.17 bits per heavy atom. The molecule has 8 heteroatoms. The quantitative estimate of drug-likeness (QED) is 0.680. The SMILES string of the molecule is Cc1cc(C)nc(NC(=S)N2CCN(Cc3ccc(C(C)(F)F)c(Cl)c3)CC2)c1. The van der Waals surface area contributed by atoms with E-state index in [-0.39, 0.29) is 10.6 Å². The molecule has 3 rings (SSSR count). The van der Waals surface area contributed by atoms with Crippen LogP contribution in [0.1, 0.15) is 29.3 Å². The summed E-state index contributed by atoms with van der Waals surface area (Å²) < 4.78 is 27.0. The lowest BCUT2D eigenvalue weighted by atomic mass is 10.1. The number of nitrogens with zero attached hydrogens (tertiary/aromatic N) is 3. The van der Waals surface area contributed by atoms with Gasteiger partial charge in [0.15, 0.2) is 5.11 Å². The summed E-state index contributed by atoms with van der Waals surface area (Å²) >= 11 is 11.6. The molecule has 1 aromatic carbocycles. The van der Waals surface area contributed by atoms with E-state index in [9.17, 15) is 8.78 Å². The van der Waals surface area contributed by atoms with Crippen LogP contribution in [-0.2, 0) is 12.5 Å². The highest BCUT2D eigenvalue weighted by molar-refractivity contribution is 7.80. The Hall–Kier alpha value is -1.83. The molecular weight excluding hydrogens is 414 g/mol. The first kappa shape index (κ1) is 21.9. The van der Waals surface area contributed by atoms with Gasteiger partial charge in [0.1, 0.15) is 5.82 Å². The standard InChI is InChI=1S/C21H25ClF2N4S/c1-14-10-15(2)25-19(11-14)26-20(29)28-8-6-27(7-9-28)13-16-4-5-17(18(22)12-16)21(3,23)24/h4-5,10-12H,6-9,13H2,1-3H3,(H,25,26,29). The minimum atomic E-state index is -2.94. The van der Waals surface area contributed by atoms with E-state index in [1.165, 1.54) is 6.07 Å². The Labute approximate surface area is 180 Å². The van der Waals surface area contributed by atoms with Gasteiger partial charge in [0.2, 0.25) is 0 Å². The molecule has 2 aromatic rings. The maximum atomic E-state index is 13.5. The molecule has 2 heterocycles. The van der Waals surface area contributed by atoms with Gasteiger partial charge in [-0.15, -0.1) is 0 Å². The number of aryl methyl sites for hydroxylation is 2. The highest BCUT2D eigenvalue weighted by Gasteiger charge is 2.27. The van der Waals surface area contributed by atoms with Crippen molar-refractivity contribution >= 4 is 34.7 Å². The Kier molecular flexibility index (Phi) is 6.71. The van der Waals surface area contributed by atoms with Gasteiger partial charge < -0.3 is 10.2 Å². The zero-order chi connectivity index (χ0) is 21.2. The second-order valence-corrected chi connectivity index (χ2v) is 8.36. The number of halogens is 3. The summed E-state index contributed by atoms with van der Waals surface area (Å²) in [5, 5.41) is 4.00. The predicted octanol–water partition coefficient (Wildman–Crippen LogP) is 4.98. The van der Waals surface area contributed by atoms with E-state index in [0.29, 0.717) is 11.7 Å². The average Bonchev–Trinajstić information content (AvgIpc) is 2.60. The van der Waals surface area contributed by atoms with Gasteiger partial charge in [0.25, 0.3) is 5.92 Å². The van der Waals surface area contributed by atoms with Crippen molar-refractivity contribution in [2.45, 2.75) is 33.2 Å². The number of thiocarbonyl (C=S) groups is 1. The van der Waals surface area contributed by atoms with E-state index in [0.717, 1.165) is 55.7 Å². The van der Waals surface area contributed by atoms with Crippen molar-refractivity contribution in [2.24, 2.45) is 0 Å². The van der Waals surface area contributed by atoms with E-state index in [1.54, 1.807) is 12.1 Å². The van der Waals surface area contributed by atoms with Gasteiger partial charge in [-0.2, -0.15) is 0 Å². The fourth-order valence-corrected chi connectivity index (χ4v) is 4.13. The lowest BCUT2D eigenvalue weighted by Gasteiger charge is -2.36. The Bertz CT molecular complexity index is 872. The molecule has 0 radical (unpaired) electrons. The molecule has 0 aliphatic carbocycles. The molecule has 1 aliphatic rings. The van der Waals surface area contributed by atoms with Crippen molar-refractivity contribution in [3.05, 3.63) is 57.7 Å². The molecule has 4 nitrogen and oxygen atoms in total. The van der Waals surface area contributed by atoms with Crippen molar-refractivity contribution in [3.8, 4) is 0 Å². The maximum absolute atomic E-state index is 13.5. The van der Waals surface area contributed by atoms with Gasteiger partial charge in [-0.1, -0.05) is 23.7 Å². The highest BCUT2D eigenvalue weighted by atomic mass is 35.5. The van der Waals surface area contributed by atoms with Crippen molar-refractivity contribution in [2.75, 3.05) is 31.5 Å². The van der Waals surface area contributed by atoms with Gasteiger partial charge in [-0.25, -0.2) is 13.8 Å². The minimum Gasteiger partial charge on any atom is -0.346 e. The third-order valence-corrected chi connectivity index (χ3v) is 5.58. The molecule has 0 amide bonds. The minimum absolute atomic E-state index is 0.111. The third kappa shape index (κ3) is 5.84. The van der Waals surface area contributed by atoms with Crippen LogP contribution in [0.3, 0.4) is 0 Å². The first-order valence-corrected chi connectivity index (χ1v) is 10.3. The molecule has 0 atom stereocenters. The van der Waals surface area contributed by atoms with Crippen LogP contribution in [0.4, 0.5) is 14.6 Å².